The lowest BCUT2D eigenvalue weighted by molar-refractivity contribution is -0.275. The van der Waals surface area contributed by atoms with E-state index in [1.54, 1.807) is 22.6 Å². The van der Waals surface area contributed by atoms with Crippen LogP contribution < -0.4 is 9.47 Å². The van der Waals surface area contributed by atoms with Gasteiger partial charge in [0.25, 0.3) is 0 Å². The molecule has 0 saturated heterocycles. The Labute approximate surface area is 113 Å². The van der Waals surface area contributed by atoms with E-state index in [1.165, 1.54) is 7.11 Å². The number of nitrogens with zero attached hydrogens (tertiary/aromatic N) is 1. The first-order valence-corrected chi connectivity index (χ1v) is 5.51. The number of pyridine rings is 1. The standard InChI is InChI=1S/C9H7F3INO4/c1-17-8-4(13)2-6(18-9(10,11)12)5(14-8)3-7(15)16/h2H,3H2,1H3,(H,15,16). The normalized spacial score (nSPS) is 11.2. The molecule has 1 heterocycles. The smallest absolute Gasteiger partial charge is 0.481 e. The highest BCUT2D eigenvalue weighted by molar-refractivity contribution is 14.1. The second kappa shape index (κ2) is 5.59. The second-order valence-electron chi connectivity index (χ2n) is 3.04. The van der Waals surface area contributed by atoms with E-state index in [0.717, 1.165) is 6.07 Å². The Morgan fingerprint density at radius 1 is 1.56 bits per heavy atom. The van der Waals surface area contributed by atoms with Crippen LogP contribution in [-0.4, -0.2) is 29.5 Å². The summed E-state index contributed by atoms with van der Waals surface area (Å²) in [6.45, 7) is 0. The van der Waals surface area contributed by atoms with Crippen LogP contribution in [0.4, 0.5) is 13.2 Å². The summed E-state index contributed by atoms with van der Waals surface area (Å²) in [5.74, 6) is -1.92. The van der Waals surface area contributed by atoms with E-state index < -0.39 is 24.5 Å². The van der Waals surface area contributed by atoms with Crippen molar-refractivity contribution < 1.29 is 32.5 Å². The first-order chi connectivity index (χ1) is 8.23. The first kappa shape index (κ1) is 14.8. The zero-order valence-electron chi connectivity index (χ0n) is 8.92. The van der Waals surface area contributed by atoms with E-state index in [4.69, 9.17) is 9.84 Å². The zero-order valence-corrected chi connectivity index (χ0v) is 11.1. The maximum Gasteiger partial charge on any atom is 0.573 e. The van der Waals surface area contributed by atoms with Gasteiger partial charge in [-0.05, 0) is 22.6 Å². The number of alkyl halides is 3. The van der Waals surface area contributed by atoms with Gasteiger partial charge in [0.05, 0.1) is 22.8 Å². The molecule has 1 aromatic heterocycles. The summed E-state index contributed by atoms with van der Waals surface area (Å²) in [5, 5.41) is 8.60. The molecule has 1 rings (SSSR count). The van der Waals surface area contributed by atoms with Crippen molar-refractivity contribution in [1.29, 1.82) is 0 Å². The van der Waals surface area contributed by atoms with Gasteiger partial charge in [-0.1, -0.05) is 0 Å². The fraction of sp³-hybridized carbons (Fsp3) is 0.333. The lowest BCUT2D eigenvalue weighted by Gasteiger charge is -2.13. The average Bonchev–Trinajstić information content (AvgIpc) is 2.19. The topological polar surface area (TPSA) is 68.7 Å². The number of methoxy groups -OCH3 is 1. The number of carbonyl (C=O) groups is 1. The highest BCUT2D eigenvalue weighted by Crippen LogP contribution is 2.31. The van der Waals surface area contributed by atoms with Crippen LogP contribution in [-0.2, 0) is 11.2 Å². The Bertz CT molecular complexity index is 464. The van der Waals surface area contributed by atoms with Crippen LogP contribution >= 0.6 is 22.6 Å². The van der Waals surface area contributed by atoms with Crippen LogP contribution in [0.1, 0.15) is 5.69 Å². The monoisotopic (exact) mass is 377 g/mol. The summed E-state index contributed by atoms with van der Waals surface area (Å²) in [6, 6.07) is 1.03. The van der Waals surface area contributed by atoms with Crippen molar-refractivity contribution in [2.75, 3.05) is 7.11 Å². The van der Waals surface area contributed by atoms with Gasteiger partial charge >= 0.3 is 12.3 Å². The minimum atomic E-state index is -4.91. The predicted molar refractivity (Wildman–Crippen MR) is 61.5 cm³/mol. The number of halogens is 4. The van der Waals surface area contributed by atoms with Crippen LogP contribution in [0, 0.1) is 3.57 Å². The van der Waals surface area contributed by atoms with Gasteiger partial charge in [0.2, 0.25) is 5.88 Å². The average molecular weight is 377 g/mol. The van der Waals surface area contributed by atoms with Gasteiger partial charge in [0.1, 0.15) is 0 Å². The van der Waals surface area contributed by atoms with Crippen LogP contribution in [0.3, 0.4) is 0 Å². The van der Waals surface area contributed by atoms with Crippen LogP contribution in [0.5, 0.6) is 11.6 Å². The number of aliphatic carboxylic acids is 1. The first-order valence-electron chi connectivity index (χ1n) is 4.44. The van der Waals surface area contributed by atoms with E-state index in [9.17, 15) is 18.0 Å². The highest BCUT2D eigenvalue weighted by Gasteiger charge is 2.33. The molecule has 100 valence electrons. The summed E-state index contributed by atoms with van der Waals surface area (Å²) in [5.41, 5.74) is -0.350. The van der Waals surface area contributed by atoms with Crippen molar-refractivity contribution in [1.82, 2.24) is 4.98 Å². The molecular formula is C9H7F3INO4. The molecule has 0 radical (unpaired) electrons. The Hall–Kier alpha value is -1.26. The van der Waals surface area contributed by atoms with Crippen molar-refractivity contribution in [3.8, 4) is 11.6 Å². The Balaban J connectivity index is 3.20. The maximum atomic E-state index is 12.1. The SMILES string of the molecule is COc1nc(CC(=O)O)c(OC(F)(F)F)cc1I. The molecule has 0 aliphatic rings. The highest BCUT2D eigenvalue weighted by atomic mass is 127. The van der Waals surface area contributed by atoms with Crippen molar-refractivity contribution in [3.05, 3.63) is 15.3 Å². The maximum absolute atomic E-state index is 12.1. The molecule has 0 bridgehead atoms. The van der Waals surface area contributed by atoms with Crippen LogP contribution in [0.2, 0.25) is 0 Å². The van der Waals surface area contributed by atoms with Gasteiger partial charge in [0.15, 0.2) is 5.75 Å². The molecule has 0 amide bonds. The Morgan fingerprint density at radius 3 is 2.61 bits per heavy atom. The van der Waals surface area contributed by atoms with E-state index in [2.05, 4.69) is 9.72 Å². The van der Waals surface area contributed by atoms with Gasteiger partial charge < -0.3 is 14.6 Å². The third-order valence-corrected chi connectivity index (χ3v) is 2.49. The molecule has 0 aliphatic heterocycles. The molecule has 0 saturated carbocycles. The fourth-order valence-corrected chi connectivity index (χ4v) is 1.74. The number of aromatic nitrogens is 1. The number of hydrogen-bond acceptors (Lipinski definition) is 4. The molecule has 0 aromatic carbocycles. The van der Waals surface area contributed by atoms with E-state index >= 15 is 0 Å². The lowest BCUT2D eigenvalue weighted by Crippen LogP contribution is -2.19. The van der Waals surface area contributed by atoms with Gasteiger partial charge in [-0.25, -0.2) is 4.98 Å². The molecule has 18 heavy (non-hydrogen) atoms. The molecule has 9 heteroatoms. The van der Waals surface area contributed by atoms with E-state index in [0.29, 0.717) is 0 Å². The molecular weight excluding hydrogens is 370 g/mol. The Morgan fingerprint density at radius 2 is 2.17 bits per heavy atom. The molecule has 0 fully saturated rings. The van der Waals surface area contributed by atoms with Crippen molar-refractivity contribution in [2.24, 2.45) is 0 Å². The summed E-state index contributed by atoms with van der Waals surface area (Å²) < 4.78 is 45.2. The minimum Gasteiger partial charge on any atom is -0.481 e. The number of hydrogen-bond donors (Lipinski definition) is 1. The molecule has 0 unspecified atom stereocenters. The number of carboxylic acids is 1. The number of ether oxygens (including phenoxy) is 2. The number of carboxylic acid groups (broad SMARTS) is 1. The molecule has 0 atom stereocenters. The Kier molecular flexibility index (Phi) is 4.59. The third kappa shape index (κ3) is 4.20. The fourth-order valence-electron chi connectivity index (χ4n) is 1.12. The minimum absolute atomic E-state index is 0.0429. The third-order valence-electron chi connectivity index (χ3n) is 1.72. The molecule has 1 N–H and O–H groups in total. The number of rotatable bonds is 4. The molecule has 5 nitrogen and oxygen atoms in total. The zero-order chi connectivity index (χ0) is 13.9. The summed E-state index contributed by atoms with van der Waals surface area (Å²) >= 11 is 1.71. The molecule has 1 aromatic rings. The predicted octanol–water partition coefficient (Wildman–Crippen LogP) is 2.22. The van der Waals surface area contributed by atoms with Crippen LogP contribution in [0.25, 0.3) is 0 Å². The summed E-state index contributed by atoms with van der Waals surface area (Å²) in [4.78, 5) is 14.2. The second-order valence-corrected chi connectivity index (χ2v) is 4.20. The van der Waals surface area contributed by atoms with Gasteiger partial charge in [-0.2, -0.15) is 0 Å². The lowest BCUT2D eigenvalue weighted by atomic mass is 10.2. The van der Waals surface area contributed by atoms with Crippen molar-refractivity contribution in [2.45, 2.75) is 12.8 Å². The molecule has 0 spiro atoms. The van der Waals surface area contributed by atoms with Crippen molar-refractivity contribution in [3.63, 3.8) is 0 Å². The van der Waals surface area contributed by atoms with Gasteiger partial charge in [-0.15, -0.1) is 13.2 Å². The summed E-state index contributed by atoms with van der Waals surface area (Å²) in [6.07, 6.45) is -5.61. The quantitative estimate of drug-likeness (QED) is 0.816. The molecule has 0 aliphatic carbocycles. The van der Waals surface area contributed by atoms with Crippen molar-refractivity contribution >= 4 is 28.6 Å². The van der Waals surface area contributed by atoms with Gasteiger partial charge in [0, 0.05) is 6.07 Å². The van der Waals surface area contributed by atoms with Gasteiger partial charge in [-0.3, -0.25) is 4.79 Å². The summed E-state index contributed by atoms with van der Waals surface area (Å²) in [7, 11) is 1.28. The largest absolute Gasteiger partial charge is 0.573 e. The van der Waals surface area contributed by atoms with E-state index in [1.807, 2.05) is 0 Å². The van der Waals surface area contributed by atoms with E-state index in [-0.39, 0.29) is 15.1 Å². The van der Waals surface area contributed by atoms with Crippen LogP contribution in [0.15, 0.2) is 6.07 Å².